The zero-order valence-electron chi connectivity index (χ0n) is 20.0. The van der Waals surface area contributed by atoms with Crippen molar-refractivity contribution in [3.05, 3.63) is 74.0 Å². The fourth-order valence-electron chi connectivity index (χ4n) is 5.25. The smallest absolute Gasteiger partial charge is 0.293 e. The lowest BCUT2D eigenvalue weighted by molar-refractivity contribution is 0.0995. The van der Waals surface area contributed by atoms with Crippen molar-refractivity contribution in [2.75, 3.05) is 5.32 Å². The van der Waals surface area contributed by atoms with E-state index in [2.05, 4.69) is 26.4 Å². The van der Waals surface area contributed by atoms with Crippen LogP contribution in [-0.2, 0) is 20.0 Å². The molecule has 10 heteroatoms. The van der Waals surface area contributed by atoms with Gasteiger partial charge >= 0.3 is 0 Å². The van der Waals surface area contributed by atoms with Crippen LogP contribution in [0.4, 0.5) is 15.9 Å². The second-order valence-electron chi connectivity index (χ2n) is 9.47. The van der Waals surface area contributed by atoms with Crippen LogP contribution in [0.1, 0.15) is 63.8 Å². The maximum absolute atomic E-state index is 14.9. The largest absolute Gasteiger partial charge is 0.333 e. The van der Waals surface area contributed by atoms with Crippen LogP contribution in [0.2, 0.25) is 0 Å². The minimum Gasteiger partial charge on any atom is -0.333 e. The number of rotatable bonds is 7. The van der Waals surface area contributed by atoms with Crippen LogP contribution in [0, 0.1) is 5.82 Å². The molecule has 4 aromatic heterocycles. The van der Waals surface area contributed by atoms with Gasteiger partial charge in [0.05, 0.1) is 23.2 Å². The number of hydrogen-bond acceptors (Lipinski definition) is 7. The highest BCUT2D eigenvalue weighted by Gasteiger charge is 2.39. The monoisotopic (exact) mass is 504 g/mol. The number of thiophene rings is 1. The Labute approximate surface area is 210 Å². The van der Waals surface area contributed by atoms with Crippen LogP contribution in [0.15, 0.2) is 41.6 Å². The molecule has 36 heavy (non-hydrogen) atoms. The van der Waals surface area contributed by atoms with Crippen molar-refractivity contribution >= 4 is 28.6 Å². The minimum absolute atomic E-state index is 0.00470. The molecule has 1 fully saturated rings. The second kappa shape index (κ2) is 8.77. The molecule has 2 aliphatic rings. The Morgan fingerprint density at radius 1 is 1.22 bits per heavy atom. The average Bonchev–Trinajstić information content (AvgIpc) is 3.65. The predicted molar refractivity (Wildman–Crippen MR) is 136 cm³/mol. The van der Waals surface area contributed by atoms with Crippen molar-refractivity contribution in [3.8, 4) is 11.4 Å². The molecule has 2 unspecified atom stereocenters. The summed E-state index contributed by atoms with van der Waals surface area (Å²) >= 11 is 1.61. The number of nitrogens with zero attached hydrogens (tertiary/aromatic N) is 5. The lowest BCUT2D eigenvalue weighted by atomic mass is 9.98. The average molecular weight is 505 g/mol. The SMILES string of the molecule is CCn1cc(Nc2nc(-c3nc(CC(=O)c4cc5c(s4)C4CCC5C4)ccc3F)cn(C)c2=O)cn1. The van der Waals surface area contributed by atoms with Crippen LogP contribution >= 0.6 is 11.3 Å². The fourth-order valence-corrected chi connectivity index (χ4v) is 6.58. The summed E-state index contributed by atoms with van der Waals surface area (Å²) in [7, 11) is 1.57. The lowest BCUT2D eigenvalue weighted by Crippen LogP contribution is -2.21. The molecule has 0 radical (unpaired) electrons. The van der Waals surface area contributed by atoms with Gasteiger partial charge in [-0.15, -0.1) is 11.3 Å². The summed E-state index contributed by atoms with van der Waals surface area (Å²) in [5.41, 5.74) is 2.24. The standard InChI is InChI=1S/C26H25FN6O2S/c1-3-33-12-17(11-28-33)30-25-26(35)32(2)13-20(31-25)23-19(27)7-6-16(29-23)9-21(34)22-10-18-14-4-5-15(8-14)24(18)36-22/h6-7,10-15H,3-5,8-9H2,1-2H3,(H,30,31). The van der Waals surface area contributed by atoms with E-state index in [-0.39, 0.29) is 35.0 Å². The zero-order chi connectivity index (χ0) is 25.0. The maximum Gasteiger partial charge on any atom is 0.293 e. The molecule has 184 valence electrons. The summed E-state index contributed by atoms with van der Waals surface area (Å²) in [6.07, 6.45) is 8.53. The van der Waals surface area contributed by atoms with E-state index in [1.807, 2.05) is 6.92 Å². The molecule has 0 spiro atoms. The van der Waals surface area contributed by atoms with E-state index in [0.29, 0.717) is 29.8 Å². The molecule has 4 aromatic rings. The van der Waals surface area contributed by atoms with Crippen LogP contribution in [-0.4, -0.2) is 30.1 Å². The van der Waals surface area contributed by atoms with Gasteiger partial charge in [0.25, 0.3) is 5.56 Å². The second-order valence-corrected chi connectivity index (χ2v) is 10.6. The molecule has 0 aliphatic heterocycles. The van der Waals surface area contributed by atoms with Crippen molar-refractivity contribution in [1.82, 2.24) is 24.3 Å². The van der Waals surface area contributed by atoms with Crippen molar-refractivity contribution in [2.45, 2.75) is 51.0 Å². The number of carbonyl (C=O) groups is 1. The van der Waals surface area contributed by atoms with Gasteiger partial charge in [0.15, 0.2) is 17.4 Å². The number of hydrogen-bond donors (Lipinski definition) is 1. The molecular formula is C26H25FN6O2S. The van der Waals surface area contributed by atoms with E-state index in [1.54, 1.807) is 35.5 Å². The van der Waals surface area contributed by atoms with E-state index in [9.17, 15) is 14.0 Å². The van der Waals surface area contributed by atoms with E-state index in [0.717, 1.165) is 4.88 Å². The number of aromatic nitrogens is 5. The number of halogens is 1. The molecule has 4 heterocycles. The Balaban J connectivity index is 1.28. The number of Topliss-reactive ketones (excluding diaryl/α,β-unsaturated/α-hetero) is 1. The van der Waals surface area contributed by atoms with E-state index in [4.69, 9.17) is 0 Å². The first kappa shape index (κ1) is 22.8. The van der Waals surface area contributed by atoms with Crippen molar-refractivity contribution < 1.29 is 9.18 Å². The first-order chi connectivity index (χ1) is 17.4. The normalized spacial score (nSPS) is 18.0. The molecule has 2 atom stereocenters. The fraction of sp³-hybridized carbons (Fsp3) is 0.346. The van der Waals surface area contributed by atoms with Gasteiger partial charge in [-0.05, 0) is 61.8 Å². The number of fused-ring (bicyclic) bond motifs is 5. The summed E-state index contributed by atoms with van der Waals surface area (Å²) in [6, 6.07) is 4.89. The lowest BCUT2D eigenvalue weighted by Gasteiger charge is -2.10. The number of nitrogens with one attached hydrogen (secondary N) is 1. The minimum atomic E-state index is -0.575. The number of aryl methyl sites for hydroxylation is 2. The summed E-state index contributed by atoms with van der Waals surface area (Å²) in [4.78, 5) is 36.6. The van der Waals surface area contributed by atoms with Gasteiger partial charge in [0, 0.05) is 36.6 Å². The van der Waals surface area contributed by atoms with Crippen molar-refractivity contribution in [3.63, 3.8) is 0 Å². The van der Waals surface area contributed by atoms with E-state index in [1.165, 1.54) is 52.6 Å². The zero-order valence-corrected chi connectivity index (χ0v) is 20.8. The van der Waals surface area contributed by atoms with Crippen molar-refractivity contribution in [1.29, 1.82) is 0 Å². The van der Waals surface area contributed by atoms with Gasteiger partial charge in [0.2, 0.25) is 0 Å². The predicted octanol–water partition coefficient (Wildman–Crippen LogP) is 4.79. The Kier molecular flexibility index (Phi) is 5.55. The molecule has 0 amide bonds. The molecule has 6 rings (SSSR count). The third-order valence-corrected chi connectivity index (χ3v) is 8.44. The van der Waals surface area contributed by atoms with Crippen LogP contribution in [0.3, 0.4) is 0 Å². The topological polar surface area (TPSA) is 94.7 Å². The summed E-state index contributed by atoms with van der Waals surface area (Å²) in [5.74, 6) is 0.669. The van der Waals surface area contributed by atoms with Gasteiger partial charge in [-0.1, -0.05) is 0 Å². The quantitative estimate of drug-likeness (QED) is 0.364. The first-order valence-corrected chi connectivity index (χ1v) is 12.9. The third kappa shape index (κ3) is 3.95. The van der Waals surface area contributed by atoms with Gasteiger partial charge in [-0.25, -0.2) is 14.4 Å². The maximum atomic E-state index is 14.9. The van der Waals surface area contributed by atoms with Crippen LogP contribution < -0.4 is 10.9 Å². The molecule has 0 aromatic carbocycles. The highest BCUT2D eigenvalue weighted by Crippen LogP contribution is 2.55. The van der Waals surface area contributed by atoms with Gasteiger partial charge in [-0.3, -0.25) is 14.3 Å². The summed E-state index contributed by atoms with van der Waals surface area (Å²) < 4.78 is 17.9. The third-order valence-electron chi connectivity index (χ3n) is 7.09. The highest BCUT2D eigenvalue weighted by molar-refractivity contribution is 7.14. The number of pyridine rings is 1. The molecule has 1 saturated carbocycles. The van der Waals surface area contributed by atoms with E-state index >= 15 is 0 Å². The van der Waals surface area contributed by atoms with Gasteiger partial charge in [0.1, 0.15) is 11.4 Å². The molecular weight excluding hydrogens is 479 g/mol. The van der Waals surface area contributed by atoms with Crippen molar-refractivity contribution in [2.24, 2.45) is 7.05 Å². The Morgan fingerprint density at radius 3 is 2.83 bits per heavy atom. The van der Waals surface area contributed by atoms with Gasteiger partial charge in [-0.2, -0.15) is 5.10 Å². The van der Waals surface area contributed by atoms with Gasteiger partial charge < -0.3 is 9.88 Å². The molecule has 0 saturated heterocycles. The van der Waals surface area contributed by atoms with E-state index < -0.39 is 5.82 Å². The summed E-state index contributed by atoms with van der Waals surface area (Å²) in [5, 5.41) is 7.15. The van der Waals surface area contributed by atoms with Crippen LogP contribution in [0.25, 0.3) is 11.4 Å². The number of anilines is 2. The first-order valence-electron chi connectivity index (χ1n) is 12.1. The number of carbonyl (C=O) groups excluding carboxylic acids is 1. The number of ketones is 1. The molecule has 2 aliphatic carbocycles. The molecule has 1 N–H and O–H groups in total. The molecule has 8 nitrogen and oxygen atoms in total. The van der Waals surface area contributed by atoms with Crippen LogP contribution in [0.5, 0.6) is 0 Å². The Bertz CT molecular complexity index is 1530. The molecule has 2 bridgehead atoms. The summed E-state index contributed by atoms with van der Waals surface area (Å²) in [6.45, 7) is 2.64. The Morgan fingerprint density at radius 2 is 2.06 bits per heavy atom. The highest BCUT2D eigenvalue weighted by atomic mass is 32.1. The Hall–Kier alpha value is -3.66.